The molecule has 4 heteroatoms. The van der Waals surface area contributed by atoms with Gasteiger partial charge < -0.3 is 14.6 Å². The molecule has 0 spiro atoms. The van der Waals surface area contributed by atoms with Gasteiger partial charge in [0.25, 0.3) is 0 Å². The van der Waals surface area contributed by atoms with Gasteiger partial charge in [0.15, 0.2) is 11.5 Å². The topological polar surface area (TPSA) is 38.7 Å². The normalized spacial score (nSPS) is 12.8. The van der Waals surface area contributed by atoms with E-state index < -0.39 is 0 Å². The van der Waals surface area contributed by atoms with E-state index in [9.17, 15) is 5.11 Å². The Morgan fingerprint density at radius 3 is 2.59 bits per heavy atom. The molecule has 3 aromatic rings. The van der Waals surface area contributed by atoms with Crippen LogP contribution in [0, 0.1) is 0 Å². The lowest BCUT2D eigenvalue weighted by Gasteiger charge is -2.08. The fraction of sp³-hybridized carbons (Fsp3) is 0.111. The summed E-state index contributed by atoms with van der Waals surface area (Å²) < 4.78 is 11.8. The van der Waals surface area contributed by atoms with Gasteiger partial charge in [-0.15, -0.1) is 0 Å². The van der Waals surface area contributed by atoms with Gasteiger partial charge in [-0.3, -0.25) is 0 Å². The minimum Gasteiger partial charge on any atom is -0.454 e. The molecule has 0 amide bonds. The average molecular weight is 357 g/mol. The van der Waals surface area contributed by atoms with Crippen LogP contribution in [0.25, 0.3) is 21.9 Å². The van der Waals surface area contributed by atoms with Gasteiger partial charge in [-0.05, 0) is 67.7 Å². The molecule has 1 N–H and O–H groups in total. The second-order valence-electron chi connectivity index (χ2n) is 5.25. The molecule has 22 heavy (non-hydrogen) atoms. The zero-order valence-electron chi connectivity index (χ0n) is 11.7. The zero-order chi connectivity index (χ0) is 15.1. The van der Waals surface area contributed by atoms with Crippen molar-refractivity contribution in [3.8, 4) is 22.6 Å². The zero-order valence-corrected chi connectivity index (χ0v) is 13.3. The van der Waals surface area contributed by atoms with Crippen LogP contribution < -0.4 is 9.47 Å². The van der Waals surface area contributed by atoms with Crippen LogP contribution in [0.4, 0.5) is 0 Å². The molecule has 0 aromatic heterocycles. The quantitative estimate of drug-likeness (QED) is 0.735. The van der Waals surface area contributed by atoms with Gasteiger partial charge in [0, 0.05) is 0 Å². The molecule has 0 aliphatic carbocycles. The van der Waals surface area contributed by atoms with Gasteiger partial charge in [-0.2, -0.15) is 0 Å². The first kappa shape index (κ1) is 13.6. The predicted octanol–water partition coefficient (Wildman–Crippen LogP) is 4.49. The van der Waals surface area contributed by atoms with Crippen molar-refractivity contribution in [2.24, 2.45) is 0 Å². The molecule has 0 bridgehead atoms. The molecule has 1 aliphatic heterocycles. The van der Waals surface area contributed by atoms with Crippen molar-refractivity contribution < 1.29 is 14.6 Å². The highest BCUT2D eigenvalue weighted by atomic mass is 79.9. The van der Waals surface area contributed by atoms with E-state index in [1.54, 1.807) is 0 Å². The Labute approximate surface area is 136 Å². The summed E-state index contributed by atoms with van der Waals surface area (Å²) in [5, 5.41) is 11.5. The molecule has 4 rings (SSSR count). The maximum absolute atomic E-state index is 9.22. The number of aliphatic hydroxyl groups excluding tert-OH is 1. The number of benzene rings is 3. The van der Waals surface area contributed by atoms with Crippen molar-refractivity contribution in [2.45, 2.75) is 6.61 Å². The summed E-state index contributed by atoms with van der Waals surface area (Å²) in [7, 11) is 0. The second-order valence-corrected chi connectivity index (χ2v) is 6.10. The van der Waals surface area contributed by atoms with Crippen molar-refractivity contribution in [3.63, 3.8) is 0 Å². The van der Waals surface area contributed by atoms with Crippen LogP contribution >= 0.6 is 15.9 Å². The van der Waals surface area contributed by atoms with Crippen LogP contribution in [0.1, 0.15) is 5.56 Å². The van der Waals surface area contributed by atoms with Crippen LogP contribution in [-0.2, 0) is 6.61 Å². The summed E-state index contributed by atoms with van der Waals surface area (Å²) in [5.41, 5.74) is 3.11. The minimum absolute atomic E-state index is 0.0623. The number of halogens is 1. The Morgan fingerprint density at radius 2 is 1.73 bits per heavy atom. The number of ether oxygens (including phenoxy) is 2. The third-order valence-electron chi connectivity index (χ3n) is 3.85. The smallest absolute Gasteiger partial charge is 0.231 e. The molecule has 1 aliphatic rings. The third kappa shape index (κ3) is 2.25. The van der Waals surface area contributed by atoms with Gasteiger partial charge in [-0.1, -0.05) is 24.3 Å². The maximum Gasteiger partial charge on any atom is 0.231 e. The Balaban J connectivity index is 1.83. The predicted molar refractivity (Wildman–Crippen MR) is 89.1 cm³/mol. The fourth-order valence-electron chi connectivity index (χ4n) is 2.71. The van der Waals surface area contributed by atoms with E-state index in [1.165, 1.54) is 0 Å². The van der Waals surface area contributed by atoms with E-state index in [4.69, 9.17) is 9.47 Å². The van der Waals surface area contributed by atoms with E-state index in [0.29, 0.717) is 0 Å². The van der Waals surface area contributed by atoms with Gasteiger partial charge >= 0.3 is 0 Å². The number of hydrogen-bond donors (Lipinski definition) is 1. The standard InChI is InChI=1S/C18H13BrO3/c19-16-7-15(8-17-18(16)22-10-21-17)14-4-3-12-5-11(9-20)1-2-13(12)6-14/h1-8,20H,9-10H2. The third-order valence-corrected chi connectivity index (χ3v) is 4.44. The highest BCUT2D eigenvalue weighted by Crippen LogP contribution is 2.42. The molecule has 1 heterocycles. The maximum atomic E-state index is 9.22. The Kier molecular flexibility index (Phi) is 3.28. The van der Waals surface area contributed by atoms with Crippen LogP contribution in [-0.4, -0.2) is 11.9 Å². The Hall–Kier alpha value is -2.04. The Morgan fingerprint density at radius 1 is 0.909 bits per heavy atom. The highest BCUT2D eigenvalue weighted by Gasteiger charge is 2.18. The molecule has 110 valence electrons. The summed E-state index contributed by atoms with van der Waals surface area (Å²) in [4.78, 5) is 0. The molecule has 3 aromatic carbocycles. The first-order chi connectivity index (χ1) is 10.7. The molecule has 0 saturated carbocycles. The van der Waals surface area contributed by atoms with Crippen molar-refractivity contribution in [2.75, 3.05) is 6.79 Å². The van der Waals surface area contributed by atoms with Crippen LogP contribution in [0.5, 0.6) is 11.5 Å². The van der Waals surface area contributed by atoms with E-state index in [1.807, 2.05) is 30.3 Å². The lowest BCUT2D eigenvalue weighted by molar-refractivity contribution is 0.173. The first-order valence-electron chi connectivity index (χ1n) is 6.98. The highest BCUT2D eigenvalue weighted by molar-refractivity contribution is 9.10. The molecular weight excluding hydrogens is 344 g/mol. The molecular formula is C18H13BrO3. The summed E-state index contributed by atoms with van der Waals surface area (Å²) in [6, 6.07) is 16.3. The van der Waals surface area contributed by atoms with Crippen molar-refractivity contribution in [1.29, 1.82) is 0 Å². The lowest BCUT2D eigenvalue weighted by atomic mass is 10.00. The van der Waals surface area contributed by atoms with Crippen LogP contribution in [0.15, 0.2) is 53.0 Å². The van der Waals surface area contributed by atoms with E-state index in [0.717, 1.165) is 43.4 Å². The summed E-state index contributed by atoms with van der Waals surface area (Å²) in [6.45, 7) is 0.325. The first-order valence-corrected chi connectivity index (χ1v) is 7.77. The van der Waals surface area contributed by atoms with Crippen LogP contribution in [0.3, 0.4) is 0 Å². The molecule has 0 fully saturated rings. The van der Waals surface area contributed by atoms with Gasteiger partial charge in [-0.25, -0.2) is 0 Å². The van der Waals surface area contributed by atoms with Crippen molar-refractivity contribution in [3.05, 3.63) is 58.6 Å². The summed E-state index contributed by atoms with van der Waals surface area (Å²) >= 11 is 3.53. The number of aliphatic hydroxyl groups is 1. The lowest BCUT2D eigenvalue weighted by Crippen LogP contribution is -1.93. The molecule has 3 nitrogen and oxygen atoms in total. The summed E-state index contributed by atoms with van der Waals surface area (Å²) in [6.07, 6.45) is 0. The van der Waals surface area contributed by atoms with Crippen LogP contribution in [0.2, 0.25) is 0 Å². The SMILES string of the molecule is OCc1ccc2cc(-c3cc(Br)c4c(c3)OCO4)ccc2c1. The fourth-order valence-corrected chi connectivity index (χ4v) is 3.26. The van der Waals surface area contributed by atoms with Crippen molar-refractivity contribution in [1.82, 2.24) is 0 Å². The molecule has 0 radical (unpaired) electrons. The number of hydrogen-bond acceptors (Lipinski definition) is 3. The van der Waals surface area contributed by atoms with E-state index in [-0.39, 0.29) is 13.4 Å². The van der Waals surface area contributed by atoms with Gasteiger partial charge in [0.05, 0.1) is 11.1 Å². The minimum atomic E-state index is 0.0623. The van der Waals surface area contributed by atoms with E-state index in [2.05, 4.69) is 34.1 Å². The number of fused-ring (bicyclic) bond motifs is 2. The monoisotopic (exact) mass is 356 g/mol. The van der Waals surface area contributed by atoms with E-state index >= 15 is 0 Å². The molecule has 0 unspecified atom stereocenters. The largest absolute Gasteiger partial charge is 0.454 e. The average Bonchev–Trinajstić information content (AvgIpc) is 3.03. The molecule has 0 saturated heterocycles. The van der Waals surface area contributed by atoms with Gasteiger partial charge in [0.2, 0.25) is 6.79 Å². The molecule has 0 atom stereocenters. The van der Waals surface area contributed by atoms with Crippen molar-refractivity contribution >= 4 is 26.7 Å². The second kappa shape index (κ2) is 5.30. The Bertz CT molecular complexity index is 874. The van der Waals surface area contributed by atoms with Gasteiger partial charge in [0.1, 0.15) is 0 Å². The number of rotatable bonds is 2. The summed E-state index contributed by atoms with van der Waals surface area (Å²) in [5.74, 6) is 1.53.